The lowest BCUT2D eigenvalue weighted by Crippen LogP contribution is -2.43. The molecule has 204 valence electrons. The van der Waals surface area contributed by atoms with Crippen molar-refractivity contribution in [3.8, 4) is 11.5 Å². The number of hydrogen-bond acceptors (Lipinski definition) is 6. The molecule has 4 aromatic rings. The molecule has 0 N–H and O–H groups in total. The molecule has 0 bridgehead atoms. The van der Waals surface area contributed by atoms with Crippen LogP contribution in [0.4, 0.5) is 0 Å². The van der Waals surface area contributed by atoms with E-state index in [1.807, 2.05) is 25.1 Å². The summed E-state index contributed by atoms with van der Waals surface area (Å²) in [5.41, 5.74) is 2.47. The van der Waals surface area contributed by atoms with Crippen LogP contribution in [0, 0.1) is 6.92 Å². The number of fused-ring (bicyclic) bond motifs is 2. The van der Waals surface area contributed by atoms with Crippen molar-refractivity contribution in [3.05, 3.63) is 117 Å². The van der Waals surface area contributed by atoms with E-state index in [-0.39, 0.29) is 55.8 Å². The predicted octanol–water partition coefficient (Wildman–Crippen LogP) is 5.34. The van der Waals surface area contributed by atoms with Crippen molar-refractivity contribution in [2.45, 2.75) is 20.0 Å². The first-order valence-electron chi connectivity index (χ1n) is 12.7. The Hall–Kier alpha value is -4.56. The summed E-state index contributed by atoms with van der Waals surface area (Å²) in [6.45, 7) is 5.80. The molecular weight excluding hydrogens is 532 g/mol. The molecule has 0 saturated carbocycles. The number of amides is 2. The number of ether oxygens (including phenoxy) is 2. The molecule has 5 rings (SSSR count). The lowest BCUT2D eigenvalue weighted by atomic mass is 10.1. The fourth-order valence-electron chi connectivity index (χ4n) is 4.57. The number of aryl methyl sites for hydroxylation is 1. The van der Waals surface area contributed by atoms with E-state index >= 15 is 0 Å². The zero-order valence-electron chi connectivity index (χ0n) is 21.9. The van der Waals surface area contributed by atoms with Gasteiger partial charge in [0, 0.05) is 23.7 Å². The molecule has 1 aliphatic rings. The minimum atomic E-state index is -0.355. The predicted molar refractivity (Wildman–Crippen MR) is 152 cm³/mol. The number of rotatable bonds is 9. The fourth-order valence-corrected chi connectivity index (χ4v) is 4.74. The summed E-state index contributed by atoms with van der Waals surface area (Å²) in [6.07, 6.45) is 2.94. The molecule has 0 fully saturated rings. The maximum absolute atomic E-state index is 13.8. The average Bonchev–Trinajstić information content (AvgIpc) is 3.42. The summed E-state index contributed by atoms with van der Waals surface area (Å²) in [4.78, 5) is 43.5. The summed E-state index contributed by atoms with van der Waals surface area (Å²) >= 11 is 6.12. The van der Waals surface area contributed by atoms with Gasteiger partial charge in [-0.05, 0) is 54.4 Å². The van der Waals surface area contributed by atoms with E-state index in [1.165, 1.54) is 16.1 Å². The molecule has 2 heterocycles. The van der Waals surface area contributed by atoms with Crippen LogP contribution in [0.3, 0.4) is 0 Å². The number of halogens is 1. The largest absolute Gasteiger partial charge is 0.464 e. The van der Waals surface area contributed by atoms with Crippen LogP contribution >= 0.6 is 11.6 Å². The second-order valence-corrected chi connectivity index (χ2v) is 9.89. The third-order valence-electron chi connectivity index (χ3n) is 6.67. The van der Waals surface area contributed by atoms with Gasteiger partial charge in [0.1, 0.15) is 12.1 Å². The summed E-state index contributed by atoms with van der Waals surface area (Å²) < 4.78 is 16.6. The highest BCUT2D eigenvalue weighted by Crippen LogP contribution is 2.33. The van der Waals surface area contributed by atoms with Crippen molar-refractivity contribution in [1.29, 1.82) is 0 Å². The standard InChI is InChI=1S/C31H27ClN2O6/c1-3-12-33(31(37)24-7-5-4-6-20(24)2)17-29(35)34(15-21-8-10-27-28(13-21)40-19-39-27)16-22-18-38-26-11-9-23(32)14-25(26)30(22)36/h3-11,13-14,18H,1,12,15-17,19H2,2H3. The number of carbonyl (C=O) groups is 2. The Bertz CT molecular complexity index is 1660. The molecule has 0 aliphatic carbocycles. The first kappa shape index (κ1) is 27.0. The van der Waals surface area contributed by atoms with Crippen LogP contribution < -0.4 is 14.9 Å². The normalized spacial score (nSPS) is 11.8. The van der Waals surface area contributed by atoms with Gasteiger partial charge in [0.2, 0.25) is 12.7 Å². The molecule has 0 atom stereocenters. The zero-order valence-corrected chi connectivity index (χ0v) is 22.6. The van der Waals surface area contributed by atoms with E-state index in [2.05, 4.69) is 6.58 Å². The third kappa shape index (κ3) is 5.72. The van der Waals surface area contributed by atoms with Gasteiger partial charge in [-0.15, -0.1) is 6.58 Å². The summed E-state index contributed by atoms with van der Waals surface area (Å²) in [7, 11) is 0. The molecule has 8 nitrogen and oxygen atoms in total. The summed E-state index contributed by atoms with van der Waals surface area (Å²) in [6, 6.07) is 17.4. The van der Waals surface area contributed by atoms with Crippen LogP contribution in [0.25, 0.3) is 11.0 Å². The van der Waals surface area contributed by atoms with Crippen molar-refractivity contribution in [3.63, 3.8) is 0 Å². The van der Waals surface area contributed by atoms with Gasteiger partial charge in [0.15, 0.2) is 16.9 Å². The quantitative estimate of drug-likeness (QED) is 0.258. The number of hydrogen-bond donors (Lipinski definition) is 0. The van der Waals surface area contributed by atoms with E-state index in [1.54, 1.807) is 48.5 Å². The van der Waals surface area contributed by atoms with E-state index in [0.717, 1.165) is 11.1 Å². The van der Waals surface area contributed by atoms with Gasteiger partial charge in [-0.3, -0.25) is 14.4 Å². The Morgan fingerprint density at radius 3 is 2.60 bits per heavy atom. The monoisotopic (exact) mass is 558 g/mol. The van der Waals surface area contributed by atoms with Gasteiger partial charge < -0.3 is 23.7 Å². The molecule has 0 unspecified atom stereocenters. The smallest absolute Gasteiger partial charge is 0.254 e. The summed E-state index contributed by atoms with van der Waals surface area (Å²) in [5.74, 6) is 0.559. The number of benzene rings is 3. The maximum Gasteiger partial charge on any atom is 0.254 e. The topological polar surface area (TPSA) is 89.3 Å². The minimum absolute atomic E-state index is 0.0431. The first-order chi connectivity index (χ1) is 19.3. The van der Waals surface area contributed by atoms with Gasteiger partial charge in [-0.1, -0.05) is 41.9 Å². The van der Waals surface area contributed by atoms with Gasteiger partial charge in [0.25, 0.3) is 5.91 Å². The van der Waals surface area contributed by atoms with Crippen molar-refractivity contribution < 1.29 is 23.5 Å². The van der Waals surface area contributed by atoms with Crippen LogP contribution in [0.2, 0.25) is 5.02 Å². The Morgan fingerprint density at radius 1 is 1.00 bits per heavy atom. The highest BCUT2D eigenvalue weighted by molar-refractivity contribution is 6.31. The van der Waals surface area contributed by atoms with Gasteiger partial charge in [0.05, 0.1) is 23.8 Å². The molecule has 0 spiro atoms. The molecule has 0 saturated heterocycles. The molecule has 0 radical (unpaired) electrons. The fraction of sp³-hybridized carbons (Fsp3) is 0.194. The van der Waals surface area contributed by atoms with Crippen molar-refractivity contribution in [1.82, 2.24) is 9.80 Å². The Kier molecular flexibility index (Phi) is 7.89. The third-order valence-corrected chi connectivity index (χ3v) is 6.90. The van der Waals surface area contributed by atoms with E-state index in [4.69, 9.17) is 25.5 Å². The molecule has 1 aliphatic heterocycles. The molecule has 2 amide bonds. The molecule has 40 heavy (non-hydrogen) atoms. The van der Waals surface area contributed by atoms with E-state index in [9.17, 15) is 14.4 Å². The number of carbonyl (C=O) groups excluding carboxylic acids is 2. The SMILES string of the molecule is C=CCN(CC(=O)N(Cc1ccc2c(c1)OCO2)Cc1coc2ccc(Cl)cc2c1=O)C(=O)c1ccccc1C. The Morgan fingerprint density at radius 2 is 1.80 bits per heavy atom. The van der Waals surface area contributed by atoms with Crippen LogP contribution in [0.5, 0.6) is 11.5 Å². The van der Waals surface area contributed by atoms with Crippen molar-refractivity contribution in [2.75, 3.05) is 19.9 Å². The molecule has 3 aromatic carbocycles. The second kappa shape index (κ2) is 11.7. The minimum Gasteiger partial charge on any atom is -0.464 e. The first-order valence-corrected chi connectivity index (χ1v) is 13.0. The molecule has 9 heteroatoms. The summed E-state index contributed by atoms with van der Waals surface area (Å²) in [5, 5.41) is 0.725. The van der Waals surface area contributed by atoms with Crippen molar-refractivity contribution >= 4 is 34.4 Å². The molecule has 1 aromatic heterocycles. The van der Waals surface area contributed by atoms with Crippen molar-refractivity contribution in [2.24, 2.45) is 0 Å². The zero-order chi connectivity index (χ0) is 28.2. The highest BCUT2D eigenvalue weighted by Gasteiger charge is 2.25. The van der Waals surface area contributed by atoms with E-state index in [0.29, 0.717) is 33.1 Å². The van der Waals surface area contributed by atoms with Crippen LogP contribution in [-0.4, -0.2) is 41.5 Å². The Labute approximate surface area is 236 Å². The van der Waals surface area contributed by atoms with Crippen LogP contribution in [0.15, 0.2) is 88.8 Å². The Balaban J connectivity index is 1.46. The lowest BCUT2D eigenvalue weighted by molar-refractivity contribution is -0.133. The van der Waals surface area contributed by atoms with Crippen LogP contribution in [0.1, 0.15) is 27.0 Å². The van der Waals surface area contributed by atoms with Crippen LogP contribution in [-0.2, 0) is 17.9 Å². The second-order valence-electron chi connectivity index (χ2n) is 9.46. The van der Waals surface area contributed by atoms with Gasteiger partial charge in [-0.25, -0.2) is 0 Å². The lowest BCUT2D eigenvalue weighted by Gasteiger charge is -2.27. The van der Waals surface area contributed by atoms with E-state index < -0.39 is 0 Å². The van der Waals surface area contributed by atoms with Gasteiger partial charge >= 0.3 is 0 Å². The highest BCUT2D eigenvalue weighted by atomic mass is 35.5. The molecular formula is C31H27ClN2O6. The maximum atomic E-state index is 13.8. The average molecular weight is 559 g/mol. The number of nitrogens with zero attached hydrogens (tertiary/aromatic N) is 2. The van der Waals surface area contributed by atoms with Gasteiger partial charge in [-0.2, -0.15) is 0 Å².